The molecule has 0 aliphatic heterocycles. The van der Waals surface area contributed by atoms with Crippen LogP contribution in [0, 0.1) is 0 Å². The van der Waals surface area contributed by atoms with Crippen LogP contribution in [-0.2, 0) is 23.8 Å². The number of hydrogen-bond acceptors (Lipinski definition) is 6. The first-order valence-corrected chi connectivity index (χ1v) is 8.74. The lowest BCUT2D eigenvalue weighted by molar-refractivity contribution is -0.169. The van der Waals surface area contributed by atoms with E-state index in [1.54, 1.807) is 6.92 Å². The Labute approximate surface area is 143 Å². The van der Waals surface area contributed by atoms with E-state index in [4.69, 9.17) is 14.2 Å². The van der Waals surface area contributed by atoms with E-state index in [0.717, 1.165) is 32.1 Å². The van der Waals surface area contributed by atoms with Gasteiger partial charge in [-0.25, -0.2) is 4.79 Å². The fourth-order valence-corrected chi connectivity index (χ4v) is 2.81. The molecule has 0 aromatic carbocycles. The van der Waals surface area contributed by atoms with Crippen LogP contribution in [0.2, 0.25) is 0 Å². The van der Waals surface area contributed by atoms with Gasteiger partial charge in [0.25, 0.3) is 0 Å². The summed E-state index contributed by atoms with van der Waals surface area (Å²) in [7, 11) is 0. The fourth-order valence-electron chi connectivity index (χ4n) is 2.81. The molecule has 0 radical (unpaired) electrons. The maximum absolute atomic E-state index is 12.0. The zero-order valence-electron chi connectivity index (χ0n) is 14.9. The molecule has 24 heavy (non-hydrogen) atoms. The molecule has 1 atom stereocenters. The molecule has 1 amide bonds. The molecule has 0 saturated heterocycles. The molecule has 1 saturated carbocycles. The Bertz CT molecular complexity index is 431. The fraction of sp³-hybridized carbons (Fsp3) is 0.824. The van der Waals surface area contributed by atoms with Crippen LogP contribution < -0.4 is 5.32 Å². The minimum absolute atomic E-state index is 0.199. The van der Waals surface area contributed by atoms with Gasteiger partial charge < -0.3 is 19.5 Å². The number of alkyl carbamates (subject to hydrolysis) is 1. The predicted octanol–water partition coefficient (Wildman–Crippen LogP) is 3.06. The average molecular weight is 343 g/mol. The Kier molecular flexibility index (Phi) is 8.57. The highest BCUT2D eigenvalue weighted by Crippen LogP contribution is 2.31. The number of amides is 1. The minimum Gasteiger partial charge on any atom is -0.457 e. The molecule has 1 fully saturated rings. The van der Waals surface area contributed by atoms with Gasteiger partial charge in [-0.2, -0.15) is 0 Å². The summed E-state index contributed by atoms with van der Waals surface area (Å²) in [4.78, 5) is 34.8. The molecule has 1 N–H and O–H groups in total. The molecule has 1 aliphatic carbocycles. The quantitative estimate of drug-likeness (QED) is 0.538. The number of ether oxygens (including phenoxy) is 3. The van der Waals surface area contributed by atoms with E-state index in [2.05, 4.69) is 5.32 Å². The highest BCUT2D eigenvalue weighted by molar-refractivity contribution is 5.70. The lowest BCUT2D eigenvalue weighted by Gasteiger charge is -2.36. The summed E-state index contributed by atoms with van der Waals surface area (Å²) in [6.45, 7) is 5.20. The number of hydrogen-bond donors (Lipinski definition) is 1. The zero-order valence-corrected chi connectivity index (χ0v) is 14.9. The highest BCUT2D eigenvalue weighted by Gasteiger charge is 2.36. The largest absolute Gasteiger partial charge is 0.457 e. The molecule has 138 valence electrons. The van der Waals surface area contributed by atoms with Crippen molar-refractivity contribution in [2.24, 2.45) is 0 Å². The van der Waals surface area contributed by atoms with Gasteiger partial charge in [0.2, 0.25) is 6.29 Å². The van der Waals surface area contributed by atoms with Crippen LogP contribution in [-0.4, -0.2) is 36.5 Å². The van der Waals surface area contributed by atoms with Gasteiger partial charge in [0.15, 0.2) is 0 Å². The molecule has 1 rings (SSSR count). The van der Waals surface area contributed by atoms with Gasteiger partial charge in [-0.3, -0.25) is 9.59 Å². The molecule has 0 spiro atoms. The molecule has 7 heteroatoms. The second kappa shape index (κ2) is 10.2. The lowest BCUT2D eigenvalue weighted by atomic mass is 9.84. The van der Waals surface area contributed by atoms with Crippen molar-refractivity contribution < 1.29 is 28.6 Å². The van der Waals surface area contributed by atoms with Crippen LogP contribution in [0.25, 0.3) is 0 Å². The second-order valence-electron chi connectivity index (χ2n) is 6.17. The Hall–Kier alpha value is -1.79. The third kappa shape index (κ3) is 7.19. The molecule has 1 unspecified atom stereocenters. The lowest BCUT2D eigenvalue weighted by Crippen LogP contribution is -2.48. The Morgan fingerprint density at radius 3 is 2.29 bits per heavy atom. The van der Waals surface area contributed by atoms with Gasteiger partial charge in [0, 0.05) is 19.8 Å². The molecular weight excluding hydrogens is 314 g/mol. The van der Waals surface area contributed by atoms with E-state index in [1.807, 2.05) is 6.92 Å². The van der Waals surface area contributed by atoms with Crippen LogP contribution >= 0.6 is 0 Å². The Morgan fingerprint density at radius 1 is 1.08 bits per heavy atom. The van der Waals surface area contributed by atoms with E-state index < -0.39 is 18.0 Å². The highest BCUT2D eigenvalue weighted by atomic mass is 16.7. The van der Waals surface area contributed by atoms with Crippen molar-refractivity contribution in [3.8, 4) is 0 Å². The number of carbonyl (C=O) groups is 3. The SMILES string of the molecule is CCCC(=O)OC(CC)OC(=O)NCC1(OC(C)=O)CCCCC1. The number of esters is 2. The molecule has 7 nitrogen and oxygen atoms in total. The smallest absolute Gasteiger partial charge is 0.410 e. The summed E-state index contributed by atoms with van der Waals surface area (Å²) in [5, 5.41) is 2.64. The van der Waals surface area contributed by atoms with Crippen LogP contribution in [0.3, 0.4) is 0 Å². The van der Waals surface area contributed by atoms with E-state index in [-0.39, 0.29) is 24.9 Å². The van der Waals surface area contributed by atoms with Crippen LogP contribution in [0.15, 0.2) is 0 Å². The van der Waals surface area contributed by atoms with Crippen molar-refractivity contribution in [1.82, 2.24) is 5.32 Å². The van der Waals surface area contributed by atoms with E-state index >= 15 is 0 Å². The number of rotatable bonds is 8. The molecule has 1 aliphatic rings. The third-order valence-electron chi connectivity index (χ3n) is 3.97. The summed E-state index contributed by atoms with van der Waals surface area (Å²) >= 11 is 0. The maximum atomic E-state index is 12.0. The first kappa shape index (κ1) is 20.3. The molecule has 0 heterocycles. The topological polar surface area (TPSA) is 90.9 Å². The van der Waals surface area contributed by atoms with E-state index in [1.165, 1.54) is 6.92 Å². The van der Waals surface area contributed by atoms with Crippen molar-refractivity contribution in [3.05, 3.63) is 0 Å². The van der Waals surface area contributed by atoms with Crippen LogP contribution in [0.5, 0.6) is 0 Å². The van der Waals surface area contributed by atoms with Gasteiger partial charge in [0.05, 0.1) is 6.54 Å². The van der Waals surface area contributed by atoms with Gasteiger partial charge in [-0.15, -0.1) is 0 Å². The zero-order chi connectivity index (χ0) is 18.0. The van der Waals surface area contributed by atoms with Gasteiger partial charge >= 0.3 is 18.0 Å². The molecule has 0 aromatic rings. The van der Waals surface area contributed by atoms with Gasteiger partial charge in [-0.05, 0) is 32.1 Å². The minimum atomic E-state index is -0.903. The first-order chi connectivity index (χ1) is 11.4. The normalized spacial score (nSPS) is 17.5. The van der Waals surface area contributed by atoms with Crippen LogP contribution in [0.1, 0.15) is 72.1 Å². The van der Waals surface area contributed by atoms with Crippen molar-refractivity contribution in [2.75, 3.05) is 6.54 Å². The van der Waals surface area contributed by atoms with E-state index in [9.17, 15) is 14.4 Å². The molecule has 0 bridgehead atoms. The summed E-state index contributed by atoms with van der Waals surface area (Å²) in [5.74, 6) is -0.743. The Morgan fingerprint density at radius 2 is 1.75 bits per heavy atom. The molecule has 0 aromatic heterocycles. The number of carbonyl (C=O) groups excluding carboxylic acids is 3. The first-order valence-electron chi connectivity index (χ1n) is 8.74. The average Bonchev–Trinajstić information content (AvgIpc) is 2.53. The predicted molar refractivity (Wildman–Crippen MR) is 87.1 cm³/mol. The third-order valence-corrected chi connectivity index (χ3v) is 3.97. The van der Waals surface area contributed by atoms with Crippen molar-refractivity contribution in [3.63, 3.8) is 0 Å². The monoisotopic (exact) mass is 343 g/mol. The van der Waals surface area contributed by atoms with Crippen molar-refractivity contribution in [2.45, 2.75) is 84.0 Å². The summed E-state index contributed by atoms with van der Waals surface area (Å²) in [6.07, 6.45) is 4.20. The summed E-state index contributed by atoms with van der Waals surface area (Å²) < 4.78 is 15.7. The molecular formula is C17H29NO6. The summed E-state index contributed by atoms with van der Waals surface area (Å²) in [6, 6.07) is 0. The standard InChI is InChI=1S/C17H29NO6/c1-4-9-14(20)22-15(5-2)23-16(21)18-12-17(24-13(3)19)10-7-6-8-11-17/h15H,4-12H2,1-3H3,(H,18,21). The Balaban J connectivity index is 2.49. The van der Waals surface area contributed by atoms with Crippen molar-refractivity contribution in [1.29, 1.82) is 0 Å². The van der Waals surface area contributed by atoms with Gasteiger partial charge in [0.1, 0.15) is 5.60 Å². The second-order valence-corrected chi connectivity index (χ2v) is 6.17. The maximum Gasteiger partial charge on any atom is 0.410 e. The van der Waals surface area contributed by atoms with E-state index in [0.29, 0.717) is 12.8 Å². The summed E-state index contributed by atoms with van der Waals surface area (Å²) in [5.41, 5.74) is -0.663. The van der Waals surface area contributed by atoms with Crippen LogP contribution in [0.4, 0.5) is 4.79 Å². The number of nitrogens with one attached hydrogen (secondary N) is 1. The van der Waals surface area contributed by atoms with Crippen molar-refractivity contribution >= 4 is 18.0 Å². The van der Waals surface area contributed by atoms with Gasteiger partial charge in [-0.1, -0.05) is 20.3 Å².